The number of unbranched alkanes of at least 4 members (excludes halogenated alkanes) is 1. The van der Waals surface area contributed by atoms with E-state index in [1.807, 2.05) is 11.7 Å². The third kappa shape index (κ3) is 3.08. The fourth-order valence-corrected chi connectivity index (χ4v) is 3.80. The molecule has 0 aliphatic rings. The minimum absolute atomic E-state index is 0.340. The summed E-state index contributed by atoms with van der Waals surface area (Å²) in [5.74, 6) is 0. The molecule has 1 heterocycles. The molecule has 2 rings (SSSR count). The van der Waals surface area contributed by atoms with Crippen molar-refractivity contribution in [3.63, 3.8) is 0 Å². The predicted molar refractivity (Wildman–Crippen MR) is 90.5 cm³/mol. The van der Waals surface area contributed by atoms with Gasteiger partial charge in [0.25, 0.3) is 0 Å². The molecule has 1 aromatic heterocycles. The van der Waals surface area contributed by atoms with Crippen molar-refractivity contribution in [1.82, 2.24) is 9.78 Å². The van der Waals surface area contributed by atoms with Crippen LogP contribution in [0, 0.1) is 5.41 Å². The van der Waals surface area contributed by atoms with Crippen LogP contribution in [-0.4, -0.2) is 15.1 Å². The molecule has 1 atom stereocenters. The van der Waals surface area contributed by atoms with Crippen molar-refractivity contribution in [2.75, 3.05) is 5.33 Å². The average Bonchev–Trinajstić information content (AvgIpc) is 2.80. The molecule has 0 saturated heterocycles. The van der Waals surface area contributed by atoms with Crippen LogP contribution in [0.1, 0.15) is 45.2 Å². The van der Waals surface area contributed by atoms with Crippen molar-refractivity contribution in [3.05, 3.63) is 30.0 Å². The largest absolute Gasteiger partial charge is 0.268 e. The molecule has 0 aliphatic heterocycles. The minimum atomic E-state index is 0.340. The zero-order valence-corrected chi connectivity index (χ0v) is 14.4. The molecule has 0 amide bonds. The van der Waals surface area contributed by atoms with E-state index in [0.29, 0.717) is 5.41 Å². The normalized spacial score (nSPS) is 14.6. The Kier molecular flexibility index (Phi) is 5.25. The van der Waals surface area contributed by atoms with Gasteiger partial charge in [0.1, 0.15) is 0 Å². The fraction of sp³-hybridized carbons (Fsp3) is 0.588. The second-order valence-corrected chi connectivity index (χ2v) is 6.42. The maximum Gasteiger partial charge on any atom is 0.0709 e. The first-order valence-corrected chi connectivity index (χ1v) is 8.74. The summed E-state index contributed by atoms with van der Waals surface area (Å²) in [6.07, 6.45) is 6.09. The molecule has 2 nitrogen and oxygen atoms in total. The van der Waals surface area contributed by atoms with Crippen LogP contribution in [0.25, 0.3) is 10.9 Å². The van der Waals surface area contributed by atoms with E-state index in [9.17, 15) is 0 Å². The molecule has 3 heteroatoms. The van der Waals surface area contributed by atoms with Crippen LogP contribution in [0.2, 0.25) is 0 Å². The Balaban J connectivity index is 2.33. The van der Waals surface area contributed by atoms with Crippen molar-refractivity contribution in [2.24, 2.45) is 12.5 Å². The highest BCUT2D eigenvalue weighted by Crippen LogP contribution is 2.36. The monoisotopic (exact) mass is 336 g/mol. The van der Waals surface area contributed by atoms with Crippen molar-refractivity contribution in [1.29, 1.82) is 0 Å². The van der Waals surface area contributed by atoms with Gasteiger partial charge in [0.05, 0.1) is 11.2 Å². The number of para-hydroxylation sites is 1. The van der Waals surface area contributed by atoms with Gasteiger partial charge in [-0.05, 0) is 30.7 Å². The number of halogens is 1. The summed E-state index contributed by atoms with van der Waals surface area (Å²) in [5.41, 5.74) is 2.82. The van der Waals surface area contributed by atoms with Gasteiger partial charge in [0.2, 0.25) is 0 Å². The molecule has 0 fully saturated rings. The van der Waals surface area contributed by atoms with E-state index in [4.69, 9.17) is 5.10 Å². The number of hydrogen-bond donors (Lipinski definition) is 0. The summed E-state index contributed by atoms with van der Waals surface area (Å²) in [6, 6.07) is 8.55. The predicted octanol–water partition coefficient (Wildman–Crippen LogP) is 5.10. The van der Waals surface area contributed by atoms with Crippen LogP contribution >= 0.6 is 15.9 Å². The molecule has 1 unspecified atom stereocenters. The van der Waals surface area contributed by atoms with E-state index in [2.05, 4.69) is 54.0 Å². The van der Waals surface area contributed by atoms with Gasteiger partial charge < -0.3 is 0 Å². The Morgan fingerprint density at radius 1 is 1.25 bits per heavy atom. The first-order valence-electron chi connectivity index (χ1n) is 7.62. The number of nitrogens with zero attached hydrogens (tertiary/aromatic N) is 2. The van der Waals surface area contributed by atoms with Crippen molar-refractivity contribution in [3.8, 4) is 0 Å². The van der Waals surface area contributed by atoms with Gasteiger partial charge in [-0.15, -0.1) is 0 Å². The van der Waals surface area contributed by atoms with Gasteiger partial charge >= 0.3 is 0 Å². The Morgan fingerprint density at radius 2 is 2.00 bits per heavy atom. The maximum atomic E-state index is 4.77. The molecule has 0 spiro atoms. The van der Waals surface area contributed by atoms with E-state index < -0.39 is 0 Å². The fourth-order valence-electron chi connectivity index (χ4n) is 2.92. The Labute approximate surface area is 130 Å². The highest BCUT2D eigenvalue weighted by molar-refractivity contribution is 9.09. The van der Waals surface area contributed by atoms with Gasteiger partial charge in [-0.1, -0.05) is 60.8 Å². The number of aromatic nitrogens is 2. The number of rotatable bonds is 7. The van der Waals surface area contributed by atoms with E-state index >= 15 is 0 Å². The van der Waals surface area contributed by atoms with Crippen molar-refractivity contribution in [2.45, 2.75) is 46.0 Å². The Hall–Kier alpha value is -0.830. The van der Waals surface area contributed by atoms with E-state index in [1.54, 1.807) is 0 Å². The summed E-state index contributed by atoms with van der Waals surface area (Å²) >= 11 is 3.76. The first-order chi connectivity index (χ1) is 9.65. The second kappa shape index (κ2) is 6.75. The minimum Gasteiger partial charge on any atom is -0.268 e. The van der Waals surface area contributed by atoms with Crippen LogP contribution < -0.4 is 0 Å². The summed E-state index contributed by atoms with van der Waals surface area (Å²) in [5, 5.41) is 7.14. The lowest BCUT2D eigenvalue weighted by atomic mass is 9.78. The summed E-state index contributed by atoms with van der Waals surface area (Å²) in [7, 11) is 2.04. The lowest BCUT2D eigenvalue weighted by Crippen LogP contribution is -2.25. The van der Waals surface area contributed by atoms with Crippen molar-refractivity contribution >= 4 is 26.8 Å². The zero-order chi connectivity index (χ0) is 14.6. The van der Waals surface area contributed by atoms with Gasteiger partial charge in [-0.25, -0.2) is 0 Å². The van der Waals surface area contributed by atoms with E-state index in [1.165, 1.54) is 42.3 Å². The molecule has 0 bridgehead atoms. The lowest BCUT2D eigenvalue weighted by Gasteiger charge is -2.30. The van der Waals surface area contributed by atoms with Crippen LogP contribution in [0.3, 0.4) is 0 Å². The molecule has 0 N–H and O–H groups in total. The van der Waals surface area contributed by atoms with Crippen LogP contribution in [-0.2, 0) is 13.5 Å². The lowest BCUT2D eigenvalue weighted by molar-refractivity contribution is 0.281. The molecule has 0 saturated carbocycles. The zero-order valence-electron chi connectivity index (χ0n) is 12.8. The standard InChI is InChI=1S/C17H25BrN2/c1-4-6-11-17(5-2,13-18)12-15-14-9-7-8-10-16(14)20(3)19-15/h7-10H,4-6,11-13H2,1-3H3. The summed E-state index contributed by atoms with van der Waals surface area (Å²) in [6.45, 7) is 4.58. The SMILES string of the molecule is CCCCC(CC)(CBr)Cc1nn(C)c2ccccc12. The number of hydrogen-bond acceptors (Lipinski definition) is 1. The quantitative estimate of drug-likeness (QED) is 0.643. The van der Waals surface area contributed by atoms with Gasteiger partial charge in [-0.3, -0.25) is 4.68 Å². The van der Waals surface area contributed by atoms with Crippen LogP contribution in [0.4, 0.5) is 0 Å². The molecule has 20 heavy (non-hydrogen) atoms. The van der Waals surface area contributed by atoms with Gasteiger partial charge in [0.15, 0.2) is 0 Å². The van der Waals surface area contributed by atoms with Gasteiger partial charge in [-0.2, -0.15) is 5.10 Å². The summed E-state index contributed by atoms with van der Waals surface area (Å²) < 4.78 is 2.01. The summed E-state index contributed by atoms with van der Waals surface area (Å²) in [4.78, 5) is 0. The Bertz CT molecular complexity index is 555. The number of aryl methyl sites for hydroxylation is 1. The highest BCUT2D eigenvalue weighted by atomic mass is 79.9. The average molecular weight is 337 g/mol. The van der Waals surface area contributed by atoms with E-state index in [-0.39, 0.29) is 0 Å². The highest BCUT2D eigenvalue weighted by Gasteiger charge is 2.28. The molecule has 0 radical (unpaired) electrons. The third-order valence-corrected chi connectivity index (χ3v) is 5.66. The number of fused-ring (bicyclic) bond motifs is 1. The van der Waals surface area contributed by atoms with Crippen LogP contribution in [0.5, 0.6) is 0 Å². The molecule has 2 aromatic rings. The van der Waals surface area contributed by atoms with E-state index in [0.717, 1.165) is 11.8 Å². The van der Waals surface area contributed by atoms with Gasteiger partial charge in [0, 0.05) is 17.8 Å². The molecular weight excluding hydrogens is 312 g/mol. The maximum absolute atomic E-state index is 4.77. The van der Waals surface area contributed by atoms with Crippen LogP contribution in [0.15, 0.2) is 24.3 Å². The second-order valence-electron chi connectivity index (χ2n) is 5.85. The van der Waals surface area contributed by atoms with Crippen molar-refractivity contribution < 1.29 is 0 Å². The smallest absolute Gasteiger partial charge is 0.0709 e. The number of alkyl halides is 1. The topological polar surface area (TPSA) is 17.8 Å². The molecule has 1 aromatic carbocycles. The third-order valence-electron chi connectivity index (χ3n) is 4.47. The molecule has 0 aliphatic carbocycles. The molecular formula is C17H25BrN2. The molecule has 110 valence electrons. The number of benzene rings is 1. The first kappa shape index (κ1) is 15.6. The Morgan fingerprint density at radius 3 is 2.65 bits per heavy atom.